The second kappa shape index (κ2) is 8.31. The van der Waals surface area contributed by atoms with Crippen LogP contribution in [-0.4, -0.2) is 17.7 Å². The first-order valence-corrected chi connectivity index (χ1v) is 7.91. The Morgan fingerprint density at radius 2 is 1.50 bits per heavy atom. The fourth-order valence-electron chi connectivity index (χ4n) is 2.73. The summed E-state index contributed by atoms with van der Waals surface area (Å²) in [4.78, 5) is 0. The van der Waals surface area contributed by atoms with Gasteiger partial charge in [0, 0.05) is 6.04 Å². The molecule has 0 spiro atoms. The quantitative estimate of drug-likeness (QED) is 0.745. The molecule has 0 radical (unpaired) electrons. The van der Waals surface area contributed by atoms with E-state index >= 15 is 0 Å². The second-order valence-electron chi connectivity index (χ2n) is 6.67. The van der Waals surface area contributed by atoms with Crippen LogP contribution in [0.5, 0.6) is 5.75 Å². The van der Waals surface area contributed by atoms with Gasteiger partial charge in [-0.1, -0.05) is 39.8 Å². The summed E-state index contributed by atoms with van der Waals surface area (Å²) in [5.74, 6) is 2.54. The van der Waals surface area contributed by atoms with E-state index in [1.807, 2.05) is 12.1 Å². The average molecular weight is 277 g/mol. The van der Waals surface area contributed by atoms with E-state index in [9.17, 15) is 5.11 Å². The van der Waals surface area contributed by atoms with Crippen molar-refractivity contribution in [1.82, 2.24) is 5.32 Å². The SMILES string of the molecule is CC(CCc1ccc(O)cc1)NCC(C(C)C)C(C)C. The van der Waals surface area contributed by atoms with Crippen LogP contribution in [0.15, 0.2) is 24.3 Å². The largest absolute Gasteiger partial charge is 0.508 e. The fraction of sp³-hybridized carbons (Fsp3) is 0.667. The first kappa shape index (κ1) is 17.0. The number of aromatic hydroxyl groups is 1. The maximum absolute atomic E-state index is 9.27. The molecule has 2 nitrogen and oxygen atoms in total. The van der Waals surface area contributed by atoms with Crippen LogP contribution in [0.2, 0.25) is 0 Å². The summed E-state index contributed by atoms with van der Waals surface area (Å²) in [6.45, 7) is 12.6. The summed E-state index contributed by atoms with van der Waals surface area (Å²) in [7, 11) is 0. The molecule has 0 bridgehead atoms. The number of phenolic OH excluding ortho intramolecular Hbond substituents is 1. The molecule has 1 rings (SSSR count). The predicted octanol–water partition coefficient (Wildman–Crippen LogP) is 4.23. The molecule has 0 saturated heterocycles. The third-order valence-corrected chi connectivity index (χ3v) is 4.22. The fourth-order valence-corrected chi connectivity index (χ4v) is 2.73. The van der Waals surface area contributed by atoms with Crippen LogP contribution in [0.25, 0.3) is 0 Å². The molecule has 0 heterocycles. The van der Waals surface area contributed by atoms with Gasteiger partial charge in [-0.05, 0) is 61.8 Å². The zero-order valence-corrected chi connectivity index (χ0v) is 13.7. The lowest BCUT2D eigenvalue weighted by molar-refractivity contribution is 0.265. The van der Waals surface area contributed by atoms with Gasteiger partial charge in [-0.2, -0.15) is 0 Å². The van der Waals surface area contributed by atoms with Crippen LogP contribution in [-0.2, 0) is 6.42 Å². The molecule has 0 aliphatic carbocycles. The van der Waals surface area contributed by atoms with Gasteiger partial charge in [0.25, 0.3) is 0 Å². The Balaban J connectivity index is 2.32. The molecule has 0 aromatic heterocycles. The van der Waals surface area contributed by atoms with E-state index < -0.39 is 0 Å². The van der Waals surface area contributed by atoms with Crippen molar-refractivity contribution in [2.24, 2.45) is 17.8 Å². The van der Waals surface area contributed by atoms with E-state index in [2.05, 4.69) is 39.9 Å². The van der Waals surface area contributed by atoms with Crippen molar-refractivity contribution < 1.29 is 5.11 Å². The highest BCUT2D eigenvalue weighted by atomic mass is 16.3. The summed E-state index contributed by atoms with van der Waals surface area (Å²) in [5.41, 5.74) is 1.29. The summed E-state index contributed by atoms with van der Waals surface area (Å²) in [6, 6.07) is 8.08. The van der Waals surface area contributed by atoms with E-state index in [1.54, 1.807) is 12.1 Å². The van der Waals surface area contributed by atoms with E-state index in [0.29, 0.717) is 11.8 Å². The molecule has 0 fully saturated rings. The number of hydrogen-bond donors (Lipinski definition) is 2. The molecule has 0 aliphatic heterocycles. The van der Waals surface area contributed by atoms with Gasteiger partial charge < -0.3 is 10.4 Å². The minimum atomic E-state index is 0.344. The number of benzene rings is 1. The average Bonchev–Trinajstić information content (AvgIpc) is 2.37. The van der Waals surface area contributed by atoms with Crippen LogP contribution >= 0.6 is 0 Å². The van der Waals surface area contributed by atoms with Crippen molar-refractivity contribution in [1.29, 1.82) is 0 Å². The topological polar surface area (TPSA) is 32.3 Å². The molecule has 0 amide bonds. The van der Waals surface area contributed by atoms with E-state index in [-0.39, 0.29) is 0 Å². The molecule has 1 aromatic carbocycles. The van der Waals surface area contributed by atoms with Crippen LogP contribution in [0, 0.1) is 17.8 Å². The minimum Gasteiger partial charge on any atom is -0.508 e. The smallest absolute Gasteiger partial charge is 0.115 e. The Morgan fingerprint density at radius 1 is 0.950 bits per heavy atom. The highest BCUT2D eigenvalue weighted by Crippen LogP contribution is 2.20. The molecule has 114 valence electrons. The predicted molar refractivity (Wildman–Crippen MR) is 87.1 cm³/mol. The molecule has 0 saturated carbocycles. The third-order valence-electron chi connectivity index (χ3n) is 4.22. The lowest BCUT2D eigenvalue weighted by atomic mass is 9.85. The zero-order chi connectivity index (χ0) is 15.1. The van der Waals surface area contributed by atoms with Crippen molar-refractivity contribution >= 4 is 0 Å². The summed E-state index contributed by atoms with van der Waals surface area (Å²) >= 11 is 0. The molecule has 2 N–H and O–H groups in total. The van der Waals surface area contributed by atoms with Gasteiger partial charge in [-0.3, -0.25) is 0 Å². The van der Waals surface area contributed by atoms with Gasteiger partial charge in [0.05, 0.1) is 0 Å². The monoisotopic (exact) mass is 277 g/mol. The Labute approximate surface area is 124 Å². The van der Waals surface area contributed by atoms with E-state index in [1.165, 1.54) is 5.56 Å². The lowest BCUT2D eigenvalue weighted by Gasteiger charge is -2.27. The third kappa shape index (κ3) is 5.96. The van der Waals surface area contributed by atoms with Gasteiger partial charge in [0.2, 0.25) is 0 Å². The van der Waals surface area contributed by atoms with E-state index in [4.69, 9.17) is 0 Å². The van der Waals surface area contributed by atoms with Crippen molar-refractivity contribution in [3.63, 3.8) is 0 Å². The lowest BCUT2D eigenvalue weighted by Crippen LogP contribution is -2.35. The Kier molecular flexibility index (Phi) is 7.08. The van der Waals surface area contributed by atoms with Gasteiger partial charge in [0.1, 0.15) is 5.75 Å². The van der Waals surface area contributed by atoms with Gasteiger partial charge >= 0.3 is 0 Å². The zero-order valence-electron chi connectivity index (χ0n) is 13.7. The molecule has 0 aliphatic rings. The first-order chi connectivity index (χ1) is 9.40. The number of aryl methyl sites for hydroxylation is 1. The number of hydrogen-bond acceptors (Lipinski definition) is 2. The van der Waals surface area contributed by atoms with Crippen LogP contribution in [0.1, 0.15) is 46.6 Å². The number of rotatable bonds is 8. The molecular formula is C18H31NO. The van der Waals surface area contributed by atoms with Crippen molar-refractivity contribution in [3.8, 4) is 5.75 Å². The van der Waals surface area contributed by atoms with Crippen LogP contribution in [0.3, 0.4) is 0 Å². The Hall–Kier alpha value is -1.02. The standard InChI is InChI=1S/C18H31NO/c1-13(2)18(14(3)4)12-19-15(5)6-7-16-8-10-17(20)11-9-16/h8-11,13-15,18-20H,6-7,12H2,1-5H3. The molecule has 20 heavy (non-hydrogen) atoms. The molecule has 2 heteroatoms. The van der Waals surface area contributed by atoms with Crippen molar-refractivity contribution in [2.75, 3.05) is 6.54 Å². The van der Waals surface area contributed by atoms with E-state index in [0.717, 1.165) is 37.1 Å². The Morgan fingerprint density at radius 3 is 2.00 bits per heavy atom. The van der Waals surface area contributed by atoms with Crippen molar-refractivity contribution in [3.05, 3.63) is 29.8 Å². The highest BCUT2D eigenvalue weighted by Gasteiger charge is 2.17. The molecule has 1 aromatic rings. The number of phenols is 1. The Bertz CT molecular complexity index is 362. The van der Waals surface area contributed by atoms with Gasteiger partial charge in [-0.15, -0.1) is 0 Å². The molecule has 1 atom stereocenters. The second-order valence-corrected chi connectivity index (χ2v) is 6.67. The number of nitrogens with one attached hydrogen (secondary N) is 1. The minimum absolute atomic E-state index is 0.344. The maximum Gasteiger partial charge on any atom is 0.115 e. The van der Waals surface area contributed by atoms with Gasteiger partial charge in [-0.25, -0.2) is 0 Å². The maximum atomic E-state index is 9.27. The van der Waals surface area contributed by atoms with Gasteiger partial charge in [0.15, 0.2) is 0 Å². The summed E-state index contributed by atoms with van der Waals surface area (Å²) < 4.78 is 0. The summed E-state index contributed by atoms with van der Waals surface area (Å²) in [6.07, 6.45) is 2.19. The first-order valence-electron chi connectivity index (χ1n) is 7.91. The van der Waals surface area contributed by atoms with Crippen molar-refractivity contribution in [2.45, 2.75) is 53.5 Å². The van der Waals surface area contributed by atoms with Crippen LogP contribution < -0.4 is 5.32 Å². The normalized spacial score (nSPS) is 13.4. The summed E-state index contributed by atoms with van der Waals surface area (Å²) in [5, 5.41) is 12.9. The van der Waals surface area contributed by atoms with Crippen LogP contribution in [0.4, 0.5) is 0 Å². The molecular weight excluding hydrogens is 246 g/mol. The molecule has 1 unspecified atom stereocenters. The highest BCUT2D eigenvalue weighted by molar-refractivity contribution is 5.25.